The molecule has 0 aromatic heterocycles. The van der Waals surface area contributed by atoms with Gasteiger partial charge in [0, 0.05) is 31.2 Å². The monoisotopic (exact) mass is 481 g/mol. The fourth-order valence-corrected chi connectivity index (χ4v) is 5.06. The summed E-state index contributed by atoms with van der Waals surface area (Å²) in [4.78, 5) is 15.1. The Morgan fingerprint density at radius 1 is 1.19 bits per heavy atom. The summed E-state index contributed by atoms with van der Waals surface area (Å²) in [5, 5.41) is 3.11. The van der Waals surface area contributed by atoms with Gasteiger partial charge >= 0.3 is 0 Å². The molecule has 1 heterocycles. The highest BCUT2D eigenvalue weighted by atomic mass is 35.5. The highest BCUT2D eigenvalue weighted by Crippen LogP contribution is 2.27. The van der Waals surface area contributed by atoms with E-state index in [-0.39, 0.29) is 22.1 Å². The lowest BCUT2D eigenvalue weighted by atomic mass is 10.1. The molecular formula is C22H28ClN3O5S. The Bertz CT molecular complexity index is 998. The van der Waals surface area contributed by atoms with Gasteiger partial charge in [0.2, 0.25) is 15.9 Å². The lowest BCUT2D eigenvalue weighted by Crippen LogP contribution is -2.50. The summed E-state index contributed by atoms with van der Waals surface area (Å²) in [5.41, 5.74) is 0.835. The van der Waals surface area contributed by atoms with Gasteiger partial charge in [-0.3, -0.25) is 9.69 Å². The summed E-state index contributed by atoms with van der Waals surface area (Å²) >= 11 is 6.01. The average Bonchev–Trinajstić information content (AvgIpc) is 2.80. The van der Waals surface area contributed by atoms with Crippen LogP contribution in [0.15, 0.2) is 53.4 Å². The van der Waals surface area contributed by atoms with Crippen LogP contribution >= 0.6 is 11.6 Å². The molecule has 32 heavy (non-hydrogen) atoms. The zero-order valence-corrected chi connectivity index (χ0v) is 19.5. The Kier molecular flexibility index (Phi) is 8.89. The predicted octanol–water partition coefficient (Wildman–Crippen LogP) is 1.69. The van der Waals surface area contributed by atoms with Gasteiger partial charge in [0.15, 0.2) is 0 Å². The maximum atomic E-state index is 13.1. The van der Waals surface area contributed by atoms with Gasteiger partial charge in [-0.25, -0.2) is 8.42 Å². The van der Waals surface area contributed by atoms with Crippen molar-refractivity contribution in [3.8, 4) is 5.75 Å². The molecule has 1 aliphatic rings. The van der Waals surface area contributed by atoms with Crippen molar-refractivity contribution in [1.82, 2.24) is 14.9 Å². The minimum Gasteiger partial charge on any atom is -0.495 e. The summed E-state index contributed by atoms with van der Waals surface area (Å²) in [7, 11) is -2.71. The number of ether oxygens (including phenoxy) is 2. The molecule has 1 saturated heterocycles. The van der Waals surface area contributed by atoms with Crippen LogP contribution < -0.4 is 14.8 Å². The first-order valence-corrected chi connectivity index (χ1v) is 12.2. The Morgan fingerprint density at radius 3 is 2.59 bits per heavy atom. The molecule has 10 heteroatoms. The molecule has 2 aromatic carbocycles. The highest BCUT2D eigenvalue weighted by Gasteiger charge is 2.28. The fraction of sp³-hybridized carbons (Fsp3) is 0.409. The van der Waals surface area contributed by atoms with Crippen molar-refractivity contribution >= 4 is 27.5 Å². The molecule has 1 aliphatic heterocycles. The zero-order chi connectivity index (χ0) is 23.0. The van der Waals surface area contributed by atoms with Crippen LogP contribution in [0.1, 0.15) is 5.56 Å². The summed E-state index contributed by atoms with van der Waals surface area (Å²) < 4.78 is 39.3. The van der Waals surface area contributed by atoms with E-state index in [0.29, 0.717) is 26.3 Å². The second kappa shape index (κ2) is 11.6. The number of sulfonamides is 1. The molecule has 0 unspecified atom stereocenters. The van der Waals surface area contributed by atoms with Crippen molar-refractivity contribution in [1.29, 1.82) is 0 Å². The summed E-state index contributed by atoms with van der Waals surface area (Å²) in [6, 6.07) is 12.6. The lowest BCUT2D eigenvalue weighted by molar-refractivity contribution is -0.122. The summed E-state index contributed by atoms with van der Waals surface area (Å²) in [6.45, 7) is 4.04. The number of carbonyl (C=O) groups excluding carboxylic acids is 1. The largest absolute Gasteiger partial charge is 0.495 e. The van der Waals surface area contributed by atoms with Gasteiger partial charge in [0.1, 0.15) is 16.7 Å². The molecule has 0 aliphatic carbocycles. The van der Waals surface area contributed by atoms with Crippen molar-refractivity contribution in [3.05, 3.63) is 59.1 Å². The van der Waals surface area contributed by atoms with Gasteiger partial charge in [-0.05, 0) is 30.2 Å². The number of amides is 1. The van der Waals surface area contributed by atoms with Crippen molar-refractivity contribution in [3.63, 3.8) is 0 Å². The van der Waals surface area contributed by atoms with Gasteiger partial charge in [-0.2, -0.15) is 4.72 Å². The zero-order valence-electron chi connectivity index (χ0n) is 17.9. The Hall–Kier alpha value is -2.17. The van der Waals surface area contributed by atoms with Gasteiger partial charge in [0.05, 0.1) is 20.3 Å². The molecular weight excluding hydrogens is 454 g/mol. The standard InChI is InChI=1S/C22H28ClN3O5S/c1-30-20-8-7-18(23)16-21(20)32(28,29)25-19(15-17-5-3-2-4-6-17)22(27)24-9-10-26-11-13-31-14-12-26/h2-8,16,19,25H,9-15H2,1H3,(H,24,27)/t19-/m1/s1. The quantitative estimate of drug-likeness (QED) is 0.536. The number of hydrogen-bond donors (Lipinski definition) is 2. The van der Waals surface area contributed by atoms with E-state index >= 15 is 0 Å². The summed E-state index contributed by atoms with van der Waals surface area (Å²) in [6.07, 6.45) is 0.201. The van der Waals surface area contributed by atoms with E-state index < -0.39 is 22.0 Å². The third kappa shape index (κ3) is 6.91. The molecule has 0 radical (unpaired) electrons. The second-order valence-corrected chi connectivity index (χ2v) is 9.52. The Balaban J connectivity index is 1.74. The van der Waals surface area contributed by atoms with Crippen LogP contribution in [0.2, 0.25) is 5.02 Å². The average molecular weight is 482 g/mol. The Morgan fingerprint density at radius 2 is 1.91 bits per heavy atom. The number of nitrogens with zero attached hydrogens (tertiary/aromatic N) is 1. The maximum Gasteiger partial charge on any atom is 0.245 e. The topological polar surface area (TPSA) is 97.0 Å². The normalized spacial score (nSPS) is 15.8. The first kappa shape index (κ1) is 24.5. The molecule has 2 N–H and O–H groups in total. The van der Waals surface area contributed by atoms with Crippen molar-refractivity contribution in [2.24, 2.45) is 0 Å². The first-order chi connectivity index (χ1) is 15.4. The van der Waals surface area contributed by atoms with Crippen LogP contribution in [-0.2, 0) is 26.0 Å². The Labute approximate surface area is 193 Å². The molecule has 1 atom stereocenters. The van der Waals surface area contributed by atoms with Crippen molar-refractivity contribution < 1.29 is 22.7 Å². The van der Waals surface area contributed by atoms with Crippen LogP contribution in [0.5, 0.6) is 5.75 Å². The molecule has 174 valence electrons. The minimum absolute atomic E-state index is 0.119. The molecule has 1 amide bonds. The number of morpholine rings is 1. The molecule has 0 bridgehead atoms. The number of hydrogen-bond acceptors (Lipinski definition) is 6. The predicted molar refractivity (Wildman–Crippen MR) is 123 cm³/mol. The molecule has 0 saturated carbocycles. The third-order valence-corrected chi connectivity index (χ3v) is 6.87. The molecule has 8 nitrogen and oxygen atoms in total. The third-order valence-electron chi connectivity index (χ3n) is 5.14. The number of nitrogens with one attached hydrogen (secondary N) is 2. The molecule has 3 rings (SSSR count). The van der Waals surface area contributed by atoms with Gasteiger partial charge in [-0.1, -0.05) is 41.9 Å². The van der Waals surface area contributed by atoms with E-state index in [1.807, 2.05) is 30.3 Å². The van der Waals surface area contributed by atoms with Crippen LogP contribution in [0.3, 0.4) is 0 Å². The van der Waals surface area contributed by atoms with Crippen molar-refractivity contribution in [2.75, 3.05) is 46.5 Å². The van der Waals surface area contributed by atoms with Gasteiger partial charge in [-0.15, -0.1) is 0 Å². The number of rotatable bonds is 10. The number of benzene rings is 2. The van der Waals surface area contributed by atoms with E-state index in [9.17, 15) is 13.2 Å². The highest BCUT2D eigenvalue weighted by molar-refractivity contribution is 7.89. The molecule has 1 fully saturated rings. The van der Waals surface area contributed by atoms with E-state index in [1.165, 1.54) is 19.2 Å². The van der Waals surface area contributed by atoms with Crippen LogP contribution in [-0.4, -0.2) is 71.8 Å². The maximum absolute atomic E-state index is 13.1. The van der Waals surface area contributed by atoms with Gasteiger partial charge in [0.25, 0.3) is 0 Å². The van der Waals surface area contributed by atoms with E-state index in [4.69, 9.17) is 21.1 Å². The van der Waals surface area contributed by atoms with Gasteiger partial charge < -0.3 is 14.8 Å². The van der Waals surface area contributed by atoms with Crippen LogP contribution in [0.4, 0.5) is 0 Å². The van der Waals surface area contributed by atoms with E-state index in [1.54, 1.807) is 6.07 Å². The van der Waals surface area contributed by atoms with Crippen LogP contribution in [0.25, 0.3) is 0 Å². The van der Waals surface area contributed by atoms with E-state index in [2.05, 4.69) is 14.9 Å². The smallest absolute Gasteiger partial charge is 0.245 e. The van der Waals surface area contributed by atoms with E-state index in [0.717, 1.165) is 18.7 Å². The molecule has 0 spiro atoms. The first-order valence-electron chi connectivity index (χ1n) is 10.4. The minimum atomic E-state index is -4.08. The lowest BCUT2D eigenvalue weighted by Gasteiger charge is -2.27. The fourth-order valence-electron chi connectivity index (χ4n) is 3.43. The number of carbonyl (C=O) groups is 1. The summed E-state index contributed by atoms with van der Waals surface area (Å²) in [5.74, 6) is -0.250. The SMILES string of the molecule is COc1ccc(Cl)cc1S(=O)(=O)N[C@H](Cc1ccccc1)C(=O)NCCN1CCOCC1. The number of methoxy groups -OCH3 is 1. The molecule has 2 aromatic rings. The van der Waals surface area contributed by atoms with Crippen molar-refractivity contribution in [2.45, 2.75) is 17.4 Å². The van der Waals surface area contributed by atoms with Crippen LogP contribution in [0, 0.1) is 0 Å². The second-order valence-electron chi connectivity index (χ2n) is 7.40. The number of halogens is 1.